The predicted molar refractivity (Wildman–Crippen MR) is 241 cm³/mol. The molecule has 5 heteroatoms. The zero-order chi connectivity index (χ0) is 54.0. The summed E-state index contributed by atoms with van der Waals surface area (Å²) in [5.41, 5.74) is 2.40. The number of rotatable bonds is 8. The van der Waals surface area contributed by atoms with Crippen LogP contribution in [0, 0.1) is 11.7 Å². The van der Waals surface area contributed by atoms with Crippen LogP contribution in [0.1, 0.15) is 61.1 Å². The molecule has 0 saturated carbocycles. The minimum Gasteiger partial charge on any atom is -0.458 e. The van der Waals surface area contributed by atoms with Gasteiger partial charge in [-0.15, -0.1) is 0 Å². The summed E-state index contributed by atoms with van der Waals surface area (Å²) in [7, 11) is 0. The lowest BCUT2D eigenvalue weighted by Gasteiger charge is -2.27. The van der Waals surface area contributed by atoms with Gasteiger partial charge in [-0.1, -0.05) is 155 Å². The Morgan fingerprint density at radius 1 is 0.644 bits per heavy atom. The van der Waals surface area contributed by atoms with Gasteiger partial charge in [-0.2, -0.15) is 0 Å². The summed E-state index contributed by atoms with van der Waals surface area (Å²) in [4.78, 5) is 4.68. The maximum atomic E-state index is 9.39. The maximum Gasteiger partial charge on any atom is 0.269 e. The molecule has 0 aliphatic heterocycles. The van der Waals surface area contributed by atoms with Crippen LogP contribution in [0.25, 0.3) is 72.3 Å². The fraction of sp³-hybridized carbons (Fsp3) is 0.111. The van der Waals surface area contributed by atoms with E-state index < -0.39 is 72.5 Å². The first-order chi connectivity index (χ1) is 35.5. The van der Waals surface area contributed by atoms with E-state index in [0.29, 0.717) is 22.5 Å². The number of nitrogens with zero attached hydrogens (tertiary/aromatic N) is 4. The molecule has 286 valence electrons. The first-order valence-corrected chi connectivity index (χ1v) is 19.0. The summed E-state index contributed by atoms with van der Waals surface area (Å²) in [6.45, 7) is 8.43. The number of para-hydroxylation sites is 4. The zero-order valence-corrected chi connectivity index (χ0v) is 32.4. The average Bonchev–Trinajstić information content (AvgIpc) is 3.99. The number of hydrogen-bond acceptors (Lipinski definition) is 2. The monoisotopic (exact) mass is 780 g/mol. The van der Waals surface area contributed by atoms with E-state index in [9.17, 15) is 2.74 Å². The standard InChI is InChI=1S/C54H44N4O/c1-37(54(2,3)4)40-31-32-55-52(33-40)58-48-26-12-11-23-46(48)47-30-29-43(35-51(47)58)59-42-22-15-21-41(34-42)56-36-57(50-28-14-13-27-49(50)56)53-44(38-17-7-5-8-18-38)24-16-25-45(53)39-19-9-6-10-20-39/h5-35,37H,1-4H3/i5D,6D,7D,8D,9D,10D,11D,12D,17D,18D,19D,20D,23D,26D,29D,30D. The third-order valence-electron chi connectivity index (χ3n) is 10.7. The molecule has 10 aromatic rings. The van der Waals surface area contributed by atoms with Crippen LogP contribution in [0.5, 0.6) is 11.5 Å². The molecule has 0 aliphatic carbocycles. The quantitative estimate of drug-likeness (QED) is 0.114. The van der Waals surface area contributed by atoms with Crippen molar-refractivity contribution in [1.82, 2.24) is 14.1 Å². The van der Waals surface area contributed by atoms with Crippen LogP contribution < -0.4 is 9.30 Å². The highest BCUT2D eigenvalue weighted by molar-refractivity contribution is 6.09. The number of benzene rings is 7. The van der Waals surface area contributed by atoms with Crippen LogP contribution in [-0.4, -0.2) is 14.1 Å². The molecule has 59 heavy (non-hydrogen) atoms. The Morgan fingerprint density at radius 2 is 1.32 bits per heavy atom. The summed E-state index contributed by atoms with van der Waals surface area (Å²) >= 11 is 0. The molecule has 0 bridgehead atoms. The average molecular weight is 781 g/mol. The van der Waals surface area contributed by atoms with Crippen molar-refractivity contribution < 1.29 is 31.2 Å². The molecule has 0 spiro atoms. The highest BCUT2D eigenvalue weighted by atomic mass is 16.5. The van der Waals surface area contributed by atoms with E-state index in [1.807, 2.05) is 12.1 Å². The van der Waals surface area contributed by atoms with Crippen molar-refractivity contribution in [2.24, 2.45) is 5.41 Å². The molecule has 0 saturated heterocycles. The van der Waals surface area contributed by atoms with Crippen molar-refractivity contribution in [2.45, 2.75) is 33.6 Å². The van der Waals surface area contributed by atoms with E-state index in [2.05, 4.69) is 39.0 Å². The Hall–Kier alpha value is -7.24. The molecule has 0 radical (unpaired) electrons. The third-order valence-corrected chi connectivity index (χ3v) is 10.7. The maximum absolute atomic E-state index is 9.39. The molecule has 0 amide bonds. The lowest BCUT2D eigenvalue weighted by molar-refractivity contribution is -0.571. The molecule has 5 nitrogen and oxygen atoms in total. The first kappa shape index (κ1) is 22.6. The summed E-state index contributed by atoms with van der Waals surface area (Å²) in [6.07, 6.45) is 4.98. The minimum atomic E-state index is -0.615. The van der Waals surface area contributed by atoms with Gasteiger partial charge in [0.15, 0.2) is 0 Å². The normalized spacial score (nSPS) is 16.1. The van der Waals surface area contributed by atoms with Gasteiger partial charge in [0.05, 0.1) is 55.4 Å². The Balaban J connectivity index is 1.18. The summed E-state index contributed by atoms with van der Waals surface area (Å²) in [5.74, 6) is 0.507. The fourth-order valence-corrected chi connectivity index (χ4v) is 7.37. The first-order valence-electron chi connectivity index (χ1n) is 27.0. The smallest absolute Gasteiger partial charge is 0.269 e. The van der Waals surface area contributed by atoms with E-state index in [-0.39, 0.29) is 96.7 Å². The van der Waals surface area contributed by atoms with E-state index >= 15 is 0 Å². The Bertz CT molecular complexity index is 3940. The van der Waals surface area contributed by atoms with Gasteiger partial charge in [-0.05, 0) is 87.6 Å². The number of imidazole rings is 1. The highest BCUT2D eigenvalue weighted by Crippen LogP contribution is 2.39. The van der Waals surface area contributed by atoms with Crippen LogP contribution in [-0.2, 0) is 0 Å². The Labute approximate surface area is 367 Å². The zero-order valence-electron chi connectivity index (χ0n) is 48.4. The number of hydrogen-bond donors (Lipinski definition) is 0. The minimum absolute atomic E-state index is 0.0462. The lowest BCUT2D eigenvalue weighted by atomic mass is 9.78. The van der Waals surface area contributed by atoms with Crippen molar-refractivity contribution >= 4 is 32.8 Å². The molecule has 1 unspecified atom stereocenters. The van der Waals surface area contributed by atoms with Crippen LogP contribution in [0.3, 0.4) is 0 Å². The molecule has 10 rings (SSSR count). The van der Waals surface area contributed by atoms with Crippen molar-refractivity contribution in [3.05, 3.63) is 200 Å². The van der Waals surface area contributed by atoms with Crippen LogP contribution in [0.2, 0.25) is 0 Å². The Kier molecular flexibility index (Phi) is 5.60. The van der Waals surface area contributed by atoms with Crippen molar-refractivity contribution in [3.63, 3.8) is 0 Å². The molecule has 1 atom stereocenters. The molecule has 7 aromatic carbocycles. The second kappa shape index (κ2) is 14.6. The number of pyridine rings is 1. The van der Waals surface area contributed by atoms with E-state index in [0.717, 1.165) is 5.56 Å². The molecular formula is C54H44N4O. The summed E-state index contributed by atoms with van der Waals surface area (Å²) < 4.78 is 152. The van der Waals surface area contributed by atoms with Crippen molar-refractivity contribution in [2.75, 3.05) is 0 Å². The predicted octanol–water partition coefficient (Wildman–Crippen LogP) is 13.5. The number of fused-ring (bicyclic) bond motifs is 4. The van der Waals surface area contributed by atoms with E-state index in [1.165, 1.54) is 24.3 Å². The molecule has 0 N–H and O–H groups in total. The lowest BCUT2D eigenvalue weighted by Crippen LogP contribution is -2.31. The highest BCUT2D eigenvalue weighted by Gasteiger charge is 2.24. The third kappa shape index (κ3) is 6.55. The van der Waals surface area contributed by atoms with Gasteiger partial charge < -0.3 is 4.74 Å². The molecule has 0 aliphatic rings. The number of ether oxygens (including phenoxy) is 1. The molecular weight excluding hydrogens is 721 g/mol. The molecule has 3 aromatic heterocycles. The summed E-state index contributed by atoms with van der Waals surface area (Å²) in [5, 5.41) is 0.175. The van der Waals surface area contributed by atoms with E-state index in [1.54, 1.807) is 68.4 Å². The Morgan fingerprint density at radius 3 is 2.07 bits per heavy atom. The largest absolute Gasteiger partial charge is 0.458 e. The van der Waals surface area contributed by atoms with Gasteiger partial charge in [0, 0.05) is 23.0 Å². The fourth-order valence-electron chi connectivity index (χ4n) is 7.37. The van der Waals surface area contributed by atoms with Gasteiger partial charge in [-0.3, -0.25) is 13.7 Å². The van der Waals surface area contributed by atoms with Crippen LogP contribution >= 0.6 is 0 Å². The van der Waals surface area contributed by atoms with Gasteiger partial charge in [0.2, 0.25) is 0 Å². The number of aromatic nitrogens is 4. The van der Waals surface area contributed by atoms with Gasteiger partial charge in [0.25, 0.3) is 6.33 Å². The molecule has 0 fully saturated rings. The van der Waals surface area contributed by atoms with Crippen molar-refractivity contribution in [3.8, 4) is 50.9 Å². The topological polar surface area (TPSA) is 35.9 Å². The van der Waals surface area contributed by atoms with Crippen LogP contribution in [0.4, 0.5) is 0 Å². The van der Waals surface area contributed by atoms with Gasteiger partial charge >= 0.3 is 0 Å². The van der Waals surface area contributed by atoms with Crippen molar-refractivity contribution in [1.29, 1.82) is 0 Å². The van der Waals surface area contributed by atoms with Gasteiger partial charge in [-0.25, -0.2) is 4.98 Å². The second-order valence-electron chi connectivity index (χ2n) is 15.2. The van der Waals surface area contributed by atoms with Crippen LogP contribution in [0.15, 0.2) is 188 Å². The molecule has 3 heterocycles. The summed E-state index contributed by atoms with van der Waals surface area (Å²) in [6, 6.07) is 15.5. The van der Waals surface area contributed by atoms with E-state index in [4.69, 9.17) is 23.9 Å². The van der Waals surface area contributed by atoms with Gasteiger partial charge in [0.1, 0.15) is 17.3 Å². The second-order valence-corrected chi connectivity index (χ2v) is 15.2. The SMILES string of the molecule is [2H]c1c([2H])c([2H])c(-c2cccc(-c3c([2H])c([2H])c([2H])c([2H])c3[2H])c2-[n+]2[c-]n(-c3cccc(Oc4cc5c(c([2H])c4[2H])c4c([2H])c([2H])c([2H])c([2H])c4n5-c4cc(C(C)C(C)(C)C)ccn4)c3)c3ccccc32)c([2H])c1[2H].